The van der Waals surface area contributed by atoms with E-state index in [-0.39, 0.29) is 110 Å². The summed E-state index contributed by atoms with van der Waals surface area (Å²) in [4.78, 5) is 141. The number of aromatic nitrogens is 10. The van der Waals surface area contributed by atoms with Crippen LogP contribution in [0.4, 0.5) is 23.8 Å². The average molecular weight is 2100 g/mol. The third-order valence-corrected chi connectivity index (χ3v) is 36.2. The van der Waals surface area contributed by atoms with Gasteiger partial charge in [-0.15, -0.1) is 45.3 Å². The Bertz CT molecular complexity index is 7250. The van der Waals surface area contributed by atoms with Gasteiger partial charge in [-0.25, -0.2) is 29.9 Å². The quantitative estimate of drug-likeness (QED) is 0.0260. The van der Waals surface area contributed by atoms with Crippen LogP contribution >= 0.6 is 45.3 Å². The van der Waals surface area contributed by atoms with Crippen LogP contribution < -0.4 is 41.4 Å². The van der Waals surface area contributed by atoms with E-state index in [4.69, 9.17) is 38.2 Å². The molecule has 0 unspecified atom stereocenters. The number of carbonyl (C=O) groups is 8. The largest absolute Gasteiger partial charge is 0.494 e. The average Bonchev–Trinajstić information content (AvgIpc) is 1.51. The zero-order valence-electron chi connectivity index (χ0n) is 87.4. The molecule has 4 aliphatic heterocycles. The maximum Gasteiger partial charge on any atom is 0.269 e. The third-order valence-electron chi connectivity index (χ3n) is 31.8. The van der Waals surface area contributed by atoms with Gasteiger partial charge < -0.3 is 66.8 Å². The van der Waals surface area contributed by atoms with Gasteiger partial charge in [0.05, 0.1) is 102 Å². The molecule has 0 radical (unpaired) electrons. The van der Waals surface area contributed by atoms with Crippen molar-refractivity contribution in [3.63, 3.8) is 0 Å². The highest BCUT2D eigenvalue weighted by atomic mass is 32.1. The van der Waals surface area contributed by atoms with E-state index >= 15 is 0 Å². The number of thiazole rings is 2. The first kappa shape index (κ1) is 105. The van der Waals surface area contributed by atoms with Gasteiger partial charge in [-0.2, -0.15) is 0 Å². The van der Waals surface area contributed by atoms with Gasteiger partial charge in [-0.3, -0.25) is 59.6 Å². The number of furan rings is 2. The number of methoxy groups -OCH3 is 2. The molecule has 4 aliphatic carbocycles. The molecule has 22 rings (SSSR count). The van der Waals surface area contributed by atoms with Crippen molar-refractivity contribution >= 4 is 161 Å². The van der Waals surface area contributed by atoms with Gasteiger partial charge in [0.1, 0.15) is 43.8 Å². The monoisotopic (exact) mass is 2100 g/mol. The summed E-state index contributed by atoms with van der Waals surface area (Å²) in [5.74, 6) is 4.41. The number of para-hydroxylation sites is 2. The Kier molecular flexibility index (Phi) is 29.7. The first-order valence-electron chi connectivity index (χ1n) is 51.5. The maximum absolute atomic E-state index is 13.3. The van der Waals surface area contributed by atoms with Crippen LogP contribution in [0.5, 0.6) is 11.5 Å². The number of imidazole rings is 4. The molecular formula is C114H132N20O12S4. The molecular weight excluding hydrogens is 1970 g/mol. The fourth-order valence-electron chi connectivity index (χ4n) is 22.6. The SMILES string of the molecule is C=CC(=O)N1CCC2(CC(n3c(NC(=O)c4ccc(-c5ccco5)s4)nc4c(OC)cccc43)C2)C1.C=CC(=O)N1CCC2(CC(n3c(NC(=O)c4ccc(-c5ccco5)s4)nc4c(OC)cccc43)C2)C1.C=CC(=O)N1CCC2(CC(n3c(NC(=O)c4cnc(C(C)C)s4)nc4cc(CN[C@@H](C)C(C)(C)C)ccc43)C2)C1.C=CC(=O)N1CCC2(CC(n3c(NC(=O)c4cnc(C)s4)nc4cc(CN[C@@H](C)C(C)(C)C)ccc43)C2)C1. The number of amides is 8. The highest BCUT2D eigenvalue weighted by Gasteiger charge is 2.55. The molecule has 150 heavy (non-hydrogen) atoms. The number of hydrogen-bond acceptors (Lipinski definition) is 24. The van der Waals surface area contributed by atoms with E-state index < -0.39 is 0 Å². The Morgan fingerprint density at radius 3 is 1.07 bits per heavy atom. The fourth-order valence-corrected chi connectivity index (χ4v) is 25.9. The summed E-state index contributed by atoms with van der Waals surface area (Å²) in [6.45, 7) is 46.0. The number of benzene rings is 4. The molecule has 14 heterocycles. The predicted octanol–water partition coefficient (Wildman–Crippen LogP) is 22.2. The Labute approximate surface area is 888 Å². The van der Waals surface area contributed by atoms with E-state index in [1.165, 1.54) is 69.7 Å². The minimum atomic E-state index is -0.217. The van der Waals surface area contributed by atoms with Gasteiger partial charge in [0.2, 0.25) is 47.4 Å². The molecule has 6 N–H and O–H groups in total. The lowest BCUT2D eigenvalue weighted by molar-refractivity contribution is -0.126. The van der Waals surface area contributed by atoms with E-state index in [9.17, 15) is 38.4 Å². The molecule has 8 fully saturated rings. The number of fused-ring (bicyclic) bond motifs is 4. The van der Waals surface area contributed by atoms with Crippen LogP contribution in [-0.2, 0) is 32.3 Å². The lowest BCUT2D eigenvalue weighted by atomic mass is 9.64. The van der Waals surface area contributed by atoms with Gasteiger partial charge in [0.25, 0.3) is 23.6 Å². The van der Waals surface area contributed by atoms with Crippen molar-refractivity contribution in [3.05, 3.63) is 238 Å². The van der Waals surface area contributed by atoms with Crippen LogP contribution in [0.1, 0.15) is 236 Å². The van der Waals surface area contributed by atoms with Gasteiger partial charge in [0, 0.05) is 108 Å². The summed E-state index contributed by atoms with van der Waals surface area (Å²) in [7, 11) is 3.24. The smallest absolute Gasteiger partial charge is 0.269 e. The number of hydrogen-bond donors (Lipinski definition) is 6. The van der Waals surface area contributed by atoms with Crippen LogP contribution in [0, 0.1) is 39.4 Å². The van der Waals surface area contributed by atoms with E-state index in [0.717, 1.165) is 218 Å². The van der Waals surface area contributed by atoms with Gasteiger partial charge in [-0.1, -0.05) is 106 Å². The number of rotatable bonds is 27. The summed E-state index contributed by atoms with van der Waals surface area (Å²) in [5.41, 5.74) is 10.2. The molecule has 2 atom stereocenters. The van der Waals surface area contributed by atoms with E-state index in [2.05, 4.69) is 192 Å². The Hall–Kier alpha value is -13.8. The molecule has 36 heteroatoms. The van der Waals surface area contributed by atoms with E-state index in [1.807, 2.05) is 99.3 Å². The molecule has 32 nitrogen and oxygen atoms in total. The molecule has 4 saturated heterocycles. The summed E-state index contributed by atoms with van der Waals surface area (Å²) < 4.78 is 30.7. The number of likely N-dealkylation sites (tertiary alicyclic amines) is 4. The molecule has 0 bridgehead atoms. The number of thiophene rings is 2. The van der Waals surface area contributed by atoms with Crippen molar-refractivity contribution in [1.29, 1.82) is 0 Å². The summed E-state index contributed by atoms with van der Waals surface area (Å²) in [6.07, 6.45) is 23.5. The standard InChI is InChI=1S/C31H42N6O2S.C29H38N6O2S.2C27H26N4O4S/c1-8-26(38)36-12-11-31(18-36)14-22(15-31)37-24-10-9-21(16-32-20(4)30(5,6)7)13-23(24)34-29(37)35-27(39)25-17-33-28(40-25)19(2)3;1-7-25(36)34-11-10-29(17-34)13-21(14-29)35-23-9-8-20(15-30-18(2)28(4,5)6)12-22(23)32-27(35)33-26(37)24-16-31-19(3)38-24;2*1-3-23(32)30-12-11-27(16-30)14-17(15-27)31-18-6-4-7-20(34-2)24(18)28-26(31)29-25(33)22-10-9-21(36-22)19-8-5-13-35-19/h8-10,13,17,19-20,22,32H,1,11-12,14-16,18H2,2-7H3,(H,34,35,39);7-9,12,16,18,21,30H,1,10-11,13-15,17H2,2-6H3,(H,32,33,37);2*3-10,13,17H,1,11-12,14-16H2,2H3,(H,28,29,33)/t20-,22?,31?;18-,21?,29?;;/m00../s1. The van der Waals surface area contributed by atoms with Crippen LogP contribution in [-0.4, -0.2) is 194 Å². The number of anilines is 4. The van der Waals surface area contributed by atoms with Crippen LogP contribution in [0.15, 0.2) is 206 Å². The normalized spacial score (nSPS) is 21.5. The second-order valence-corrected chi connectivity index (χ2v) is 48.6. The molecule has 8 aliphatic rings. The molecule has 4 saturated carbocycles. The highest BCUT2D eigenvalue weighted by molar-refractivity contribution is 7.18. The van der Waals surface area contributed by atoms with Crippen LogP contribution in [0.2, 0.25) is 0 Å². The summed E-state index contributed by atoms with van der Waals surface area (Å²) >= 11 is 5.55. The third kappa shape index (κ3) is 21.6. The molecule has 784 valence electrons. The summed E-state index contributed by atoms with van der Waals surface area (Å²) in [5, 5.41) is 21.3. The Balaban J connectivity index is 0.000000126. The number of nitrogens with one attached hydrogen (secondary N) is 6. The van der Waals surface area contributed by atoms with Crippen molar-refractivity contribution in [1.82, 2.24) is 78.4 Å². The second-order valence-electron chi connectivity index (χ2n) is 44.1. The maximum atomic E-state index is 13.3. The fraction of sp³-hybridized carbons (Fsp3) is 0.421. The number of aryl methyl sites for hydroxylation is 1. The van der Waals surface area contributed by atoms with Crippen molar-refractivity contribution in [2.45, 2.75) is 208 Å². The van der Waals surface area contributed by atoms with E-state index in [1.54, 1.807) is 51.3 Å². The number of carbonyl (C=O) groups excluding carboxylic acids is 8. The second kappa shape index (κ2) is 42.6. The minimum Gasteiger partial charge on any atom is -0.494 e. The molecule has 14 aromatic rings. The number of nitrogens with zero attached hydrogens (tertiary/aromatic N) is 14. The topological polar surface area (TPSA) is 363 Å². The van der Waals surface area contributed by atoms with Gasteiger partial charge >= 0.3 is 0 Å². The zero-order valence-corrected chi connectivity index (χ0v) is 90.7. The minimum absolute atomic E-state index is 0.00752. The lowest BCUT2D eigenvalue weighted by Gasteiger charge is -2.46. The van der Waals surface area contributed by atoms with Crippen molar-refractivity contribution in [2.24, 2.45) is 32.5 Å². The molecule has 4 aromatic carbocycles. The lowest BCUT2D eigenvalue weighted by Crippen LogP contribution is -2.42. The van der Waals surface area contributed by atoms with Crippen molar-refractivity contribution in [2.75, 3.05) is 87.8 Å². The van der Waals surface area contributed by atoms with Crippen molar-refractivity contribution < 1.29 is 56.7 Å². The molecule has 8 amide bonds. The highest BCUT2D eigenvalue weighted by Crippen LogP contribution is 2.60. The van der Waals surface area contributed by atoms with E-state index in [0.29, 0.717) is 77.9 Å². The molecule has 10 aromatic heterocycles. The Morgan fingerprint density at radius 2 is 0.760 bits per heavy atom. The Morgan fingerprint density at radius 1 is 0.420 bits per heavy atom. The predicted molar refractivity (Wildman–Crippen MR) is 591 cm³/mol. The summed E-state index contributed by atoms with van der Waals surface area (Å²) in [6, 6.07) is 40.7. The van der Waals surface area contributed by atoms with Crippen molar-refractivity contribution in [3.8, 4) is 32.8 Å². The molecule has 4 spiro atoms. The first-order valence-corrected chi connectivity index (χ1v) is 54.8. The van der Waals surface area contributed by atoms with Gasteiger partial charge in [0.15, 0.2) is 0 Å². The van der Waals surface area contributed by atoms with Gasteiger partial charge in [-0.05, 0) is 263 Å². The van der Waals surface area contributed by atoms with Crippen LogP contribution in [0.3, 0.4) is 0 Å². The van der Waals surface area contributed by atoms with Crippen LogP contribution in [0.25, 0.3) is 65.4 Å². The number of ether oxygens (including phenoxy) is 2. The first-order chi connectivity index (χ1) is 71.9. The zero-order chi connectivity index (χ0) is 106.